The summed E-state index contributed by atoms with van der Waals surface area (Å²) >= 11 is 6.06. The van der Waals surface area contributed by atoms with E-state index >= 15 is 0 Å². The van der Waals surface area contributed by atoms with Crippen LogP contribution in [0, 0.1) is 0 Å². The van der Waals surface area contributed by atoms with Crippen LogP contribution in [0.5, 0.6) is 0 Å². The van der Waals surface area contributed by atoms with Gasteiger partial charge in [0.2, 0.25) is 0 Å². The quantitative estimate of drug-likeness (QED) is 0.899. The van der Waals surface area contributed by atoms with Crippen LogP contribution in [0.2, 0.25) is 5.15 Å². The zero-order valence-electron chi connectivity index (χ0n) is 11.6. The first-order valence-corrected chi connectivity index (χ1v) is 7.75. The van der Waals surface area contributed by atoms with E-state index in [0.29, 0.717) is 6.04 Å². The van der Waals surface area contributed by atoms with Crippen LogP contribution in [-0.4, -0.2) is 39.6 Å². The Kier molecular flexibility index (Phi) is 4.10. The van der Waals surface area contributed by atoms with Crippen molar-refractivity contribution >= 4 is 11.6 Å². The van der Waals surface area contributed by atoms with Gasteiger partial charge in [0.25, 0.3) is 0 Å². The maximum atomic E-state index is 6.06. The molecule has 2 fully saturated rings. The van der Waals surface area contributed by atoms with Gasteiger partial charge in [-0.1, -0.05) is 18.0 Å². The highest BCUT2D eigenvalue weighted by Crippen LogP contribution is 2.22. The molecular weight excluding hydrogens is 260 g/mol. The molecule has 1 saturated heterocycles. The fourth-order valence-corrected chi connectivity index (χ4v) is 2.99. The molecule has 2 aliphatic rings. The van der Waals surface area contributed by atoms with Crippen molar-refractivity contribution in [2.75, 3.05) is 13.1 Å². The van der Waals surface area contributed by atoms with Crippen molar-refractivity contribution in [3.8, 4) is 0 Å². The Labute approximate surface area is 120 Å². The third-order valence-electron chi connectivity index (χ3n) is 4.34. The normalized spacial score (nSPS) is 24.8. The van der Waals surface area contributed by atoms with E-state index in [4.69, 9.17) is 11.6 Å². The zero-order valence-corrected chi connectivity index (χ0v) is 12.4. The van der Waals surface area contributed by atoms with Crippen LogP contribution in [0.25, 0.3) is 0 Å². The van der Waals surface area contributed by atoms with E-state index in [1.807, 2.05) is 11.6 Å². The van der Waals surface area contributed by atoms with E-state index in [1.54, 1.807) is 6.20 Å². The molecule has 106 valence electrons. The van der Waals surface area contributed by atoms with Crippen LogP contribution in [0.15, 0.2) is 6.20 Å². The number of hydrogen-bond acceptors (Lipinski definition) is 3. The topological polar surface area (TPSA) is 33.1 Å². The van der Waals surface area contributed by atoms with Crippen molar-refractivity contribution in [2.45, 2.75) is 50.7 Å². The molecule has 3 rings (SSSR count). The Morgan fingerprint density at radius 1 is 1.37 bits per heavy atom. The van der Waals surface area contributed by atoms with Gasteiger partial charge in [0.05, 0.1) is 12.7 Å². The number of halogens is 1. The molecule has 1 unspecified atom stereocenters. The summed E-state index contributed by atoms with van der Waals surface area (Å²) in [6, 6.07) is 1.45. The second kappa shape index (κ2) is 5.81. The van der Waals surface area contributed by atoms with Crippen LogP contribution in [0.3, 0.4) is 0 Å². The highest BCUT2D eigenvalue weighted by molar-refractivity contribution is 6.29. The lowest BCUT2D eigenvalue weighted by molar-refractivity contribution is 0.132. The summed E-state index contributed by atoms with van der Waals surface area (Å²) in [5.41, 5.74) is 0. The van der Waals surface area contributed by atoms with Crippen molar-refractivity contribution in [3.63, 3.8) is 0 Å². The largest absolute Gasteiger partial charge is 0.321 e. The van der Waals surface area contributed by atoms with Gasteiger partial charge >= 0.3 is 0 Å². The fraction of sp³-hybridized carbons (Fsp3) is 0.786. The second-order valence-electron chi connectivity index (χ2n) is 5.86. The average molecular weight is 283 g/mol. The van der Waals surface area contributed by atoms with Crippen molar-refractivity contribution < 1.29 is 0 Å². The molecule has 0 amide bonds. The Balaban J connectivity index is 1.60. The van der Waals surface area contributed by atoms with Crippen LogP contribution in [0.1, 0.15) is 37.9 Å². The first-order valence-electron chi connectivity index (χ1n) is 7.37. The Hall–Kier alpha value is -0.580. The molecule has 0 radical (unpaired) electrons. The molecular formula is C14H23ClN4. The monoisotopic (exact) mass is 282 g/mol. The molecule has 0 bridgehead atoms. The van der Waals surface area contributed by atoms with Crippen LogP contribution in [0.4, 0.5) is 0 Å². The standard InChI is InChI=1S/C14H23ClN4/c1-18-13(15)9-17-14(18)10-19-7-3-2-4-12(19)8-16-11-5-6-11/h9,11-12,16H,2-8,10H2,1H3. The number of hydrogen-bond donors (Lipinski definition) is 1. The number of aromatic nitrogens is 2. The van der Waals surface area contributed by atoms with Gasteiger partial charge < -0.3 is 9.88 Å². The van der Waals surface area contributed by atoms with Crippen molar-refractivity contribution in [1.29, 1.82) is 0 Å². The molecule has 5 heteroatoms. The van der Waals surface area contributed by atoms with Gasteiger partial charge in [0.1, 0.15) is 11.0 Å². The van der Waals surface area contributed by atoms with Gasteiger partial charge in [-0.25, -0.2) is 4.98 Å². The zero-order chi connectivity index (χ0) is 13.2. The van der Waals surface area contributed by atoms with Gasteiger partial charge in [-0.3, -0.25) is 4.90 Å². The number of piperidine rings is 1. The number of imidazole rings is 1. The molecule has 1 N–H and O–H groups in total. The summed E-state index contributed by atoms with van der Waals surface area (Å²) < 4.78 is 1.99. The highest BCUT2D eigenvalue weighted by Gasteiger charge is 2.27. The Morgan fingerprint density at radius 3 is 2.89 bits per heavy atom. The van der Waals surface area contributed by atoms with Crippen molar-refractivity contribution in [2.24, 2.45) is 7.05 Å². The lowest BCUT2D eigenvalue weighted by Gasteiger charge is -2.35. The number of nitrogens with zero attached hydrogens (tertiary/aromatic N) is 3. The third kappa shape index (κ3) is 3.30. The van der Waals surface area contributed by atoms with Gasteiger partial charge in [-0.15, -0.1) is 0 Å². The Bertz CT molecular complexity index is 427. The van der Waals surface area contributed by atoms with E-state index in [9.17, 15) is 0 Å². The highest BCUT2D eigenvalue weighted by atomic mass is 35.5. The molecule has 2 heterocycles. The molecule has 1 atom stereocenters. The predicted molar refractivity (Wildman–Crippen MR) is 77.3 cm³/mol. The smallest absolute Gasteiger partial charge is 0.128 e. The SMILES string of the molecule is Cn1c(Cl)cnc1CN1CCCCC1CNC1CC1. The fourth-order valence-electron chi connectivity index (χ4n) is 2.84. The molecule has 0 spiro atoms. The first kappa shape index (κ1) is 13.4. The minimum atomic E-state index is 0.657. The molecule has 1 aliphatic carbocycles. The average Bonchev–Trinajstić information content (AvgIpc) is 3.20. The summed E-state index contributed by atoms with van der Waals surface area (Å²) in [7, 11) is 1.99. The minimum absolute atomic E-state index is 0.657. The summed E-state index contributed by atoms with van der Waals surface area (Å²) in [4.78, 5) is 6.99. The summed E-state index contributed by atoms with van der Waals surface area (Å²) in [6.07, 6.45) is 8.44. The van der Waals surface area contributed by atoms with E-state index < -0.39 is 0 Å². The Morgan fingerprint density at radius 2 is 2.21 bits per heavy atom. The summed E-state index contributed by atoms with van der Waals surface area (Å²) in [5, 5.41) is 4.39. The molecule has 0 aromatic carbocycles. The van der Waals surface area contributed by atoms with Crippen molar-refractivity contribution in [1.82, 2.24) is 19.8 Å². The van der Waals surface area contributed by atoms with E-state index in [1.165, 1.54) is 38.6 Å². The van der Waals surface area contributed by atoms with Gasteiger partial charge in [-0.05, 0) is 32.2 Å². The van der Waals surface area contributed by atoms with Crippen LogP contribution < -0.4 is 5.32 Å². The second-order valence-corrected chi connectivity index (χ2v) is 6.25. The molecule has 1 saturated carbocycles. The lowest BCUT2D eigenvalue weighted by Crippen LogP contribution is -2.45. The van der Waals surface area contributed by atoms with E-state index in [0.717, 1.165) is 30.1 Å². The van der Waals surface area contributed by atoms with Gasteiger partial charge in [0, 0.05) is 25.7 Å². The van der Waals surface area contributed by atoms with Crippen molar-refractivity contribution in [3.05, 3.63) is 17.2 Å². The van der Waals surface area contributed by atoms with E-state index in [2.05, 4.69) is 15.2 Å². The minimum Gasteiger partial charge on any atom is -0.321 e. The molecule has 1 aliphatic heterocycles. The van der Waals surface area contributed by atoms with Gasteiger partial charge in [0.15, 0.2) is 0 Å². The van der Waals surface area contributed by atoms with Crippen LogP contribution >= 0.6 is 11.6 Å². The predicted octanol–water partition coefficient (Wildman–Crippen LogP) is 2.18. The summed E-state index contributed by atoms with van der Waals surface area (Å²) in [5.74, 6) is 1.07. The third-order valence-corrected chi connectivity index (χ3v) is 4.69. The lowest BCUT2D eigenvalue weighted by atomic mass is 10.0. The van der Waals surface area contributed by atoms with Crippen LogP contribution in [-0.2, 0) is 13.6 Å². The van der Waals surface area contributed by atoms with Gasteiger partial charge in [-0.2, -0.15) is 0 Å². The summed E-state index contributed by atoms with van der Waals surface area (Å²) in [6.45, 7) is 3.23. The molecule has 4 nitrogen and oxygen atoms in total. The maximum absolute atomic E-state index is 6.06. The van der Waals surface area contributed by atoms with E-state index in [-0.39, 0.29) is 0 Å². The number of likely N-dealkylation sites (tertiary alicyclic amines) is 1. The number of rotatable bonds is 5. The molecule has 1 aromatic rings. The maximum Gasteiger partial charge on any atom is 0.128 e. The molecule has 19 heavy (non-hydrogen) atoms. The first-order chi connectivity index (χ1) is 9.24. The number of nitrogens with one attached hydrogen (secondary N) is 1. The molecule has 1 aromatic heterocycles.